The number of aromatic carboxylic acids is 1. The lowest BCUT2D eigenvalue weighted by Crippen LogP contribution is -2.33. The number of thioether (sulfide) groups is 1. The van der Waals surface area contributed by atoms with Crippen molar-refractivity contribution >= 4 is 23.4 Å². The molecule has 0 heterocycles. The fraction of sp³-hybridized carbons (Fsp3) is 0.500. The maximum Gasteiger partial charge on any atom is 0.338 e. The van der Waals surface area contributed by atoms with E-state index < -0.39 is 5.97 Å². The fourth-order valence-electron chi connectivity index (χ4n) is 2.33. The van der Waals surface area contributed by atoms with Crippen LogP contribution in [0.1, 0.15) is 36.5 Å². The second-order valence-corrected chi connectivity index (χ2v) is 6.05. The number of nitrogens with one attached hydrogen (secondary N) is 1. The molecule has 0 aromatic heterocycles. The largest absolute Gasteiger partial charge is 0.478 e. The summed E-state index contributed by atoms with van der Waals surface area (Å²) in [5.74, 6) is -0.860. The Hall–Kier alpha value is -1.16. The van der Waals surface area contributed by atoms with Crippen LogP contribution in [-0.2, 0) is 0 Å². The van der Waals surface area contributed by atoms with Crippen LogP contribution < -0.4 is 5.32 Å². The van der Waals surface area contributed by atoms with Crippen molar-refractivity contribution in [3.8, 4) is 0 Å². The highest BCUT2D eigenvalue weighted by molar-refractivity contribution is 7.98. The number of carbonyl (C=O) groups is 1. The molecule has 0 unspecified atom stereocenters. The topological polar surface area (TPSA) is 49.3 Å². The first-order valence-corrected chi connectivity index (χ1v) is 7.42. The molecule has 0 radical (unpaired) electrons. The fourth-order valence-corrected chi connectivity index (χ4v) is 2.95. The van der Waals surface area contributed by atoms with E-state index >= 15 is 0 Å². The van der Waals surface area contributed by atoms with Gasteiger partial charge in [-0.15, -0.1) is 11.8 Å². The van der Waals surface area contributed by atoms with Crippen LogP contribution in [0.2, 0.25) is 0 Å². The van der Waals surface area contributed by atoms with Gasteiger partial charge in [0.15, 0.2) is 0 Å². The first kappa shape index (κ1) is 13.3. The Morgan fingerprint density at radius 1 is 1.50 bits per heavy atom. The first-order chi connectivity index (χ1) is 8.56. The molecule has 0 atom stereocenters. The standard InChI is InChI=1S/C14H19NO2S/c1-14(7-4-8-14)9-15-10-5-3-6-11(18-2)12(10)13(16)17/h3,5-6,15H,4,7-9H2,1-2H3,(H,16,17). The Labute approximate surface area is 112 Å². The van der Waals surface area contributed by atoms with Crippen molar-refractivity contribution in [1.82, 2.24) is 0 Å². The molecule has 0 aliphatic heterocycles. The summed E-state index contributed by atoms with van der Waals surface area (Å²) in [6.45, 7) is 3.10. The number of hydrogen-bond acceptors (Lipinski definition) is 3. The van der Waals surface area contributed by atoms with Crippen molar-refractivity contribution in [3.63, 3.8) is 0 Å². The maximum absolute atomic E-state index is 11.4. The van der Waals surface area contributed by atoms with Gasteiger partial charge >= 0.3 is 5.97 Å². The zero-order valence-electron chi connectivity index (χ0n) is 10.8. The molecule has 1 saturated carbocycles. The van der Waals surface area contributed by atoms with Gasteiger partial charge in [0.25, 0.3) is 0 Å². The van der Waals surface area contributed by atoms with Gasteiger partial charge in [0.2, 0.25) is 0 Å². The van der Waals surface area contributed by atoms with Gasteiger partial charge in [0.1, 0.15) is 0 Å². The van der Waals surface area contributed by atoms with E-state index in [-0.39, 0.29) is 0 Å². The number of anilines is 1. The van der Waals surface area contributed by atoms with Crippen molar-refractivity contribution in [2.24, 2.45) is 5.41 Å². The Balaban J connectivity index is 2.18. The molecule has 1 aliphatic carbocycles. The molecule has 0 amide bonds. The summed E-state index contributed by atoms with van der Waals surface area (Å²) >= 11 is 1.47. The molecule has 1 aromatic carbocycles. The van der Waals surface area contributed by atoms with Crippen molar-refractivity contribution in [2.75, 3.05) is 18.1 Å². The zero-order chi connectivity index (χ0) is 13.2. The Kier molecular flexibility index (Phi) is 3.85. The molecule has 0 saturated heterocycles. The summed E-state index contributed by atoms with van der Waals surface area (Å²) in [5, 5.41) is 12.6. The van der Waals surface area contributed by atoms with Gasteiger partial charge in [-0.2, -0.15) is 0 Å². The molecular weight excluding hydrogens is 246 g/mol. The van der Waals surface area contributed by atoms with E-state index in [0.717, 1.165) is 17.1 Å². The third-order valence-corrected chi connectivity index (χ3v) is 4.51. The van der Waals surface area contributed by atoms with E-state index in [4.69, 9.17) is 0 Å². The molecule has 4 heteroatoms. The van der Waals surface area contributed by atoms with Gasteiger partial charge in [-0.3, -0.25) is 0 Å². The SMILES string of the molecule is CSc1cccc(NCC2(C)CCC2)c1C(=O)O. The summed E-state index contributed by atoms with van der Waals surface area (Å²) in [7, 11) is 0. The van der Waals surface area contributed by atoms with Crippen LogP contribution in [-0.4, -0.2) is 23.9 Å². The number of carboxylic acid groups (broad SMARTS) is 1. The summed E-state index contributed by atoms with van der Waals surface area (Å²) < 4.78 is 0. The van der Waals surface area contributed by atoms with Crippen molar-refractivity contribution in [2.45, 2.75) is 31.1 Å². The molecule has 0 spiro atoms. The maximum atomic E-state index is 11.4. The summed E-state index contributed by atoms with van der Waals surface area (Å²) in [6, 6.07) is 5.61. The predicted molar refractivity (Wildman–Crippen MR) is 75.6 cm³/mol. The molecule has 1 aromatic rings. The van der Waals surface area contributed by atoms with Crippen LogP contribution >= 0.6 is 11.8 Å². The van der Waals surface area contributed by atoms with E-state index in [9.17, 15) is 9.90 Å². The van der Waals surface area contributed by atoms with Gasteiger partial charge < -0.3 is 10.4 Å². The highest BCUT2D eigenvalue weighted by atomic mass is 32.2. The van der Waals surface area contributed by atoms with E-state index in [2.05, 4.69) is 12.2 Å². The monoisotopic (exact) mass is 265 g/mol. The van der Waals surface area contributed by atoms with Gasteiger partial charge in [0.05, 0.1) is 5.56 Å². The molecule has 2 rings (SSSR count). The Morgan fingerprint density at radius 2 is 2.22 bits per heavy atom. The van der Waals surface area contributed by atoms with Gasteiger partial charge in [-0.25, -0.2) is 4.79 Å². The Morgan fingerprint density at radius 3 is 2.72 bits per heavy atom. The molecule has 2 N–H and O–H groups in total. The van der Waals surface area contributed by atoms with Crippen LogP contribution in [0.15, 0.2) is 23.1 Å². The molecule has 1 fully saturated rings. The average Bonchev–Trinajstić information content (AvgIpc) is 2.33. The van der Waals surface area contributed by atoms with Crippen molar-refractivity contribution in [1.29, 1.82) is 0 Å². The number of rotatable bonds is 5. The summed E-state index contributed by atoms with van der Waals surface area (Å²) in [5.41, 5.74) is 1.47. The highest BCUT2D eigenvalue weighted by Gasteiger charge is 2.31. The quantitative estimate of drug-likeness (QED) is 0.797. The van der Waals surface area contributed by atoms with Crippen molar-refractivity contribution < 1.29 is 9.90 Å². The number of carboxylic acids is 1. The van der Waals surface area contributed by atoms with Crippen LogP contribution in [0.4, 0.5) is 5.69 Å². The van der Waals surface area contributed by atoms with Gasteiger partial charge in [-0.05, 0) is 36.6 Å². The average molecular weight is 265 g/mol. The molecule has 1 aliphatic rings. The zero-order valence-corrected chi connectivity index (χ0v) is 11.6. The third-order valence-electron chi connectivity index (χ3n) is 3.73. The van der Waals surface area contributed by atoms with E-state index in [1.165, 1.54) is 31.0 Å². The lowest BCUT2D eigenvalue weighted by molar-refractivity contribution is 0.0694. The lowest BCUT2D eigenvalue weighted by Gasteiger charge is -2.38. The molecular formula is C14H19NO2S. The second-order valence-electron chi connectivity index (χ2n) is 5.21. The molecule has 3 nitrogen and oxygen atoms in total. The normalized spacial score (nSPS) is 17.0. The summed E-state index contributed by atoms with van der Waals surface area (Å²) in [6.07, 6.45) is 5.64. The number of benzene rings is 1. The van der Waals surface area contributed by atoms with Gasteiger partial charge in [-0.1, -0.05) is 19.4 Å². The van der Waals surface area contributed by atoms with Crippen LogP contribution in [0.3, 0.4) is 0 Å². The van der Waals surface area contributed by atoms with E-state index in [1.807, 2.05) is 24.5 Å². The number of hydrogen-bond donors (Lipinski definition) is 2. The minimum atomic E-state index is -0.860. The van der Waals surface area contributed by atoms with Gasteiger partial charge in [0, 0.05) is 17.1 Å². The predicted octanol–water partition coefficient (Wildman–Crippen LogP) is 3.71. The van der Waals surface area contributed by atoms with Crippen LogP contribution in [0, 0.1) is 5.41 Å². The van der Waals surface area contributed by atoms with Crippen molar-refractivity contribution in [3.05, 3.63) is 23.8 Å². The Bertz CT molecular complexity index is 455. The minimum absolute atomic E-state index is 0.338. The molecule has 0 bridgehead atoms. The third kappa shape index (κ3) is 2.64. The highest BCUT2D eigenvalue weighted by Crippen LogP contribution is 2.40. The smallest absolute Gasteiger partial charge is 0.338 e. The lowest BCUT2D eigenvalue weighted by atomic mass is 9.70. The van der Waals surface area contributed by atoms with E-state index in [0.29, 0.717) is 11.0 Å². The van der Waals surface area contributed by atoms with Crippen LogP contribution in [0.25, 0.3) is 0 Å². The first-order valence-electron chi connectivity index (χ1n) is 6.20. The minimum Gasteiger partial charge on any atom is -0.478 e. The van der Waals surface area contributed by atoms with Crippen LogP contribution in [0.5, 0.6) is 0 Å². The second kappa shape index (κ2) is 5.22. The summed E-state index contributed by atoms with van der Waals surface area (Å²) in [4.78, 5) is 12.2. The van der Waals surface area contributed by atoms with E-state index in [1.54, 1.807) is 0 Å². The molecule has 98 valence electrons. The molecule has 18 heavy (non-hydrogen) atoms.